The lowest BCUT2D eigenvalue weighted by molar-refractivity contribution is 0.401. The van der Waals surface area contributed by atoms with Crippen molar-refractivity contribution in [2.24, 2.45) is 0 Å². The molecule has 4 heteroatoms. The van der Waals surface area contributed by atoms with Gasteiger partial charge in [-0.2, -0.15) is 0 Å². The summed E-state index contributed by atoms with van der Waals surface area (Å²) in [6, 6.07) is 2.10. The summed E-state index contributed by atoms with van der Waals surface area (Å²) in [7, 11) is 6.28. The van der Waals surface area contributed by atoms with Gasteiger partial charge in [0.25, 0.3) is 0 Å². The predicted molar refractivity (Wildman–Crippen MR) is 73.1 cm³/mol. The summed E-state index contributed by atoms with van der Waals surface area (Å²) >= 11 is 3.55. The molecule has 0 spiro atoms. The summed E-state index contributed by atoms with van der Waals surface area (Å²) in [5.41, 5.74) is 1.18. The third-order valence-electron chi connectivity index (χ3n) is 2.42. The van der Waals surface area contributed by atoms with Gasteiger partial charge in [-0.15, -0.1) is 0 Å². The van der Waals surface area contributed by atoms with E-state index in [0.717, 1.165) is 29.8 Å². The van der Waals surface area contributed by atoms with Gasteiger partial charge in [-0.05, 0) is 61.5 Å². The summed E-state index contributed by atoms with van der Waals surface area (Å²) in [4.78, 5) is 8.83. The Bertz CT molecular complexity index is 339. The van der Waals surface area contributed by atoms with Crippen molar-refractivity contribution in [1.29, 1.82) is 0 Å². The maximum absolute atomic E-state index is 4.44. The molecule has 0 aromatic carbocycles. The second-order valence-corrected chi connectivity index (χ2v) is 5.25. The summed E-state index contributed by atoms with van der Waals surface area (Å²) in [5.74, 6) is 1.02. The molecule has 0 fully saturated rings. The third-order valence-corrected chi connectivity index (χ3v) is 3.00. The highest BCUT2D eigenvalue weighted by Crippen LogP contribution is 2.23. The fraction of sp³-hybridized carbons (Fsp3) is 0.583. The van der Waals surface area contributed by atoms with Gasteiger partial charge >= 0.3 is 0 Å². The van der Waals surface area contributed by atoms with Gasteiger partial charge in [-0.3, -0.25) is 0 Å². The molecule has 1 heterocycles. The molecule has 1 aromatic heterocycles. The van der Waals surface area contributed by atoms with Gasteiger partial charge in [-0.1, -0.05) is 0 Å². The van der Waals surface area contributed by atoms with Crippen LogP contribution in [0.2, 0.25) is 0 Å². The van der Waals surface area contributed by atoms with Gasteiger partial charge in [0, 0.05) is 19.8 Å². The van der Waals surface area contributed by atoms with Crippen molar-refractivity contribution in [3.8, 4) is 0 Å². The van der Waals surface area contributed by atoms with E-state index in [0.29, 0.717) is 0 Å². The summed E-state index contributed by atoms with van der Waals surface area (Å²) in [6.07, 6.45) is 3.05. The molecule has 0 aliphatic rings. The Hall–Kier alpha value is -0.610. The molecule has 0 amide bonds. The second kappa shape index (κ2) is 6.21. The number of nitrogens with zero attached hydrogens (tertiary/aromatic N) is 3. The Balaban J connectivity index is 2.55. The number of hydrogen-bond acceptors (Lipinski definition) is 3. The molecule has 0 aliphatic carbocycles. The van der Waals surface area contributed by atoms with E-state index in [1.807, 2.05) is 13.1 Å². The van der Waals surface area contributed by atoms with E-state index < -0.39 is 0 Å². The summed E-state index contributed by atoms with van der Waals surface area (Å²) < 4.78 is 1.07. The average molecular weight is 286 g/mol. The fourth-order valence-electron chi connectivity index (χ4n) is 1.54. The first-order valence-electron chi connectivity index (χ1n) is 5.48. The van der Waals surface area contributed by atoms with E-state index >= 15 is 0 Å². The smallest absolute Gasteiger partial charge is 0.142 e. The topological polar surface area (TPSA) is 19.4 Å². The number of pyridine rings is 1. The van der Waals surface area contributed by atoms with Crippen LogP contribution < -0.4 is 4.90 Å². The molecular formula is C12H20BrN3. The van der Waals surface area contributed by atoms with Crippen molar-refractivity contribution < 1.29 is 0 Å². The molecule has 0 unspecified atom stereocenters. The Labute approximate surface area is 107 Å². The zero-order chi connectivity index (χ0) is 12.1. The van der Waals surface area contributed by atoms with Crippen LogP contribution in [-0.2, 0) is 0 Å². The molecule has 0 atom stereocenters. The van der Waals surface area contributed by atoms with Crippen molar-refractivity contribution in [3.05, 3.63) is 22.3 Å². The lowest BCUT2D eigenvalue weighted by atomic mass is 10.3. The van der Waals surface area contributed by atoms with Crippen LogP contribution in [-0.4, -0.2) is 44.1 Å². The number of aromatic nitrogens is 1. The van der Waals surface area contributed by atoms with Crippen LogP contribution in [0.15, 0.2) is 16.7 Å². The first kappa shape index (κ1) is 13.5. The standard InChI is InChI=1S/C12H20BrN3/c1-10-8-11(13)12(14-9-10)16(4)7-5-6-15(2)3/h8-9H,5-7H2,1-4H3. The minimum Gasteiger partial charge on any atom is -0.359 e. The van der Waals surface area contributed by atoms with Crippen LogP contribution in [0.25, 0.3) is 0 Å². The Morgan fingerprint density at radius 3 is 2.50 bits per heavy atom. The van der Waals surface area contributed by atoms with Crippen molar-refractivity contribution in [2.75, 3.05) is 39.1 Å². The fourth-order valence-corrected chi connectivity index (χ4v) is 2.30. The minimum absolute atomic E-state index is 1.02. The first-order valence-corrected chi connectivity index (χ1v) is 6.28. The average Bonchev–Trinajstić information content (AvgIpc) is 2.16. The monoisotopic (exact) mass is 285 g/mol. The van der Waals surface area contributed by atoms with Gasteiger partial charge in [0.1, 0.15) is 5.82 Å². The van der Waals surface area contributed by atoms with Crippen LogP contribution >= 0.6 is 15.9 Å². The molecule has 0 saturated heterocycles. The minimum atomic E-state index is 1.02. The van der Waals surface area contributed by atoms with Crippen molar-refractivity contribution >= 4 is 21.7 Å². The molecule has 1 aromatic rings. The van der Waals surface area contributed by atoms with Gasteiger partial charge < -0.3 is 9.80 Å². The Kier molecular flexibility index (Phi) is 5.22. The Morgan fingerprint density at radius 1 is 1.25 bits per heavy atom. The highest BCUT2D eigenvalue weighted by molar-refractivity contribution is 9.10. The molecule has 16 heavy (non-hydrogen) atoms. The molecule has 0 N–H and O–H groups in total. The predicted octanol–water partition coefficient (Wildman–Crippen LogP) is 2.54. The highest BCUT2D eigenvalue weighted by Gasteiger charge is 2.07. The van der Waals surface area contributed by atoms with Crippen LogP contribution in [0.5, 0.6) is 0 Å². The van der Waals surface area contributed by atoms with E-state index in [2.05, 4.69) is 57.9 Å². The van der Waals surface area contributed by atoms with E-state index in [9.17, 15) is 0 Å². The molecule has 1 rings (SSSR count). The largest absolute Gasteiger partial charge is 0.359 e. The first-order chi connectivity index (χ1) is 7.50. The summed E-state index contributed by atoms with van der Waals surface area (Å²) in [5, 5.41) is 0. The highest BCUT2D eigenvalue weighted by atomic mass is 79.9. The molecule has 3 nitrogen and oxygen atoms in total. The second-order valence-electron chi connectivity index (χ2n) is 4.40. The Morgan fingerprint density at radius 2 is 1.94 bits per heavy atom. The van der Waals surface area contributed by atoms with Crippen LogP contribution in [0.1, 0.15) is 12.0 Å². The number of halogens is 1. The molecule has 0 bridgehead atoms. The maximum atomic E-state index is 4.44. The number of aryl methyl sites for hydroxylation is 1. The van der Waals surface area contributed by atoms with E-state index in [4.69, 9.17) is 0 Å². The zero-order valence-electron chi connectivity index (χ0n) is 10.5. The summed E-state index contributed by atoms with van der Waals surface area (Å²) in [6.45, 7) is 4.17. The molecule has 0 saturated carbocycles. The van der Waals surface area contributed by atoms with E-state index in [1.165, 1.54) is 5.56 Å². The number of rotatable bonds is 5. The quantitative estimate of drug-likeness (QED) is 0.829. The van der Waals surface area contributed by atoms with Crippen LogP contribution in [0.3, 0.4) is 0 Å². The normalized spacial score (nSPS) is 10.9. The van der Waals surface area contributed by atoms with Crippen LogP contribution in [0, 0.1) is 6.92 Å². The number of anilines is 1. The van der Waals surface area contributed by atoms with Gasteiger partial charge in [0.15, 0.2) is 0 Å². The maximum Gasteiger partial charge on any atom is 0.142 e. The van der Waals surface area contributed by atoms with Gasteiger partial charge in [0.05, 0.1) is 4.47 Å². The lowest BCUT2D eigenvalue weighted by Crippen LogP contribution is -2.24. The lowest BCUT2D eigenvalue weighted by Gasteiger charge is -2.20. The van der Waals surface area contributed by atoms with E-state index in [1.54, 1.807) is 0 Å². The third kappa shape index (κ3) is 4.10. The van der Waals surface area contributed by atoms with Crippen molar-refractivity contribution in [3.63, 3.8) is 0 Å². The molecule has 0 radical (unpaired) electrons. The molecule has 90 valence electrons. The van der Waals surface area contributed by atoms with Crippen molar-refractivity contribution in [1.82, 2.24) is 9.88 Å². The number of hydrogen-bond donors (Lipinski definition) is 0. The van der Waals surface area contributed by atoms with E-state index in [-0.39, 0.29) is 0 Å². The molecular weight excluding hydrogens is 266 g/mol. The van der Waals surface area contributed by atoms with Gasteiger partial charge in [0.2, 0.25) is 0 Å². The van der Waals surface area contributed by atoms with Crippen LogP contribution in [0.4, 0.5) is 5.82 Å². The van der Waals surface area contributed by atoms with Gasteiger partial charge in [-0.25, -0.2) is 4.98 Å². The zero-order valence-corrected chi connectivity index (χ0v) is 12.1. The van der Waals surface area contributed by atoms with Crippen molar-refractivity contribution in [2.45, 2.75) is 13.3 Å². The molecule has 0 aliphatic heterocycles. The SMILES string of the molecule is Cc1cnc(N(C)CCCN(C)C)c(Br)c1.